The Hall–Kier alpha value is 4.06. The molecule has 0 aromatic heterocycles. The molecule has 18 heterocycles. The van der Waals surface area contributed by atoms with Crippen LogP contribution in [-0.2, 0) is 275 Å². The van der Waals surface area contributed by atoms with Gasteiger partial charge in [0.1, 0.15) is 0 Å². The topological polar surface area (TPSA) is 1120 Å². The monoisotopic (exact) mass is 3150 g/mol. The van der Waals surface area contributed by atoms with Crippen LogP contribution >= 0.6 is 0 Å². The van der Waals surface area contributed by atoms with Crippen LogP contribution in [0.3, 0.4) is 0 Å². The molecule has 18 saturated heterocycles. The van der Waals surface area contributed by atoms with Crippen molar-refractivity contribution < 1.29 is 346 Å². The SMILES string of the molecule is N.N.N.N.N.N.N.N.N.N.O.O.O.O.O.O.[O]=[W]12([OH])[O][W]3(=[O])([OH])[O][W](=[O])([OH])([O]3)[O][W]3(=[O])([OH])[O][W](=[O])([OH])([O]3)[O][W]3(=[O])([OH])[O][W]4(=[O])([O]3)[O][W]3(=[O])([O][W](=[O])([OH])([O][W]5(=[O])([OH])[O][W](=[O])([OH])([O][W](=[O])([OH])([O]1)[O]2)[O]5)[O]3)[O]4. The van der Waals surface area contributed by atoms with Gasteiger partial charge in [0.25, 0.3) is 0 Å². The summed E-state index contributed by atoms with van der Waals surface area (Å²) in [6.07, 6.45) is 0. The second-order valence-electron chi connectivity index (χ2n) is 9.72. The molecule has 0 unspecified atom stereocenters. The molecule has 57 nitrogen and oxygen atoms in total. The van der Waals surface area contributed by atoms with Gasteiger partial charge in [-0.2, -0.15) is 0 Å². The zero-order valence-corrected chi connectivity index (χ0v) is 67.3. The van der Waals surface area contributed by atoms with Gasteiger partial charge in [0.15, 0.2) is 0 Å². The summed E-state index contributed by atoms with van der Waals surface area (Å²) in [6, 6.07) is 0. The minimum atomic E-state index is -9.34. The Bertz CT molecular complexity index is 2710. The molecule has 18 rings (SSSR count). The molecule has 0 radical (unpaired) electrons. The van der Waals surface area contributed by atoms with Crippen molar-refractivity contribution in [1.29, 1.82) is 0 Å². The maximum absolute atomic E-state index is 12.9. The molecule has 52 N–H and O–H groups in total. The summed E-state index contributed by atoms with van der Waals surface area (Å²) in [5.74, 6) is 0. The summed E-state index contributed by atoms with van der Waals surface area (Å²) < 4.78 is 324. The average molecular weight is 3150 g/mol. The van der Waals surface area contributed by atoms with E-state index in [1.165, 1.54) is 0 Å². The van der Waals surface area contributed by atoms with Gasteiger partial charge in [0, 0.05) is 0 Å². The Morgan fingerprint density at radius 2 is 0.232 bits per heavy atom. The van der Waals surface area contributed by atoms with Crippen LogP contribution in [0.4, 0.5) is 0 Å². The first kappa shape index (κ1) is 92.4. The second-order valence-corrected chi connectivity index (χ2v) is 156. The van der Waals surface area contributed by atoms with Gasteiger partial charge in [-0.3, -0.25) is 0 Å². The summed E-state index contributed by atoms with van der Waals surface area (Å²) in [5.41, 5.74) is 0. The summed E-state index contributed by atoms with van der Waals surface area (Å²) in [4.78, 5) is 0. The van der Waals surface area contributed by atoms with Crippen LogP contribution in [0.2, 0.25) is 0 Å². The Labute approximate surface area is 400 Å². The van der Waals surface area contributed by atoms with E-state index in [1.807, 2.05) is 0 Å². The number of hydrogen-bond donors (Lipinski definition) is 20. The van der Waals surface area contributed by atoms with E-state index in [9.17, 15) is 78.4 Å². The molecule has 69 heteroatoms. The predicted octanol–water partition coefficient (Wildman–Crippen LogP) is -11.7. The molecule has 0 saturated carbocycles. The fraction of sp³-hybridized carbons (Fsp3) is 0. The quantitative estimate of drug-likeness (QED) is 0.107. The first-order valence-electron chi connectivity index (χ1n) is 10.2. The van der Waals surface area contributed by atoms with Crippen LogP contribution in [0.1, 0.15) is 0 Å². The van der Waals surface area contributed by atoms with E-state index in [2.05, 4.69) is 38.8 Å². The van der Waals surface area contributed by atoms with Gasteiger partial charge >= 0.3 is 313 Å². The molecule has 69 heavy (non-hydrogen) atoms. The Balaban J connectivity index is -0.000000321. The van der Waals surface area contributed by atoms with Crippen molar-refractivity contribution in [2.45, 2.75) is 0 Å². The first-order valence-corrected chi connectivity index (χ1v) is 83.2. The molecular formula is H52N10O47W12. The average Bonchev–Trinajstić information content (AvgIpc) is 2.45. The van der Waals surface area contributed by atoms with Crippen molar-refractivity contribution in [1.82, 2.24) is 61.5 Å². The van der Waals surface area contributed by atoms with Gasteiger partial charge in [0.2, 0.25) is 0 Å². The van der Waals surface area contributed by atoms with Gasteiger partial charge in [-0.25, -0.2) is 0 Å². The third-order valence-electron chi connectivity index (χ3n) is 4.30. The Morgan fingerprint density at radius 1 is 0.159 bits per heavy atom. The van der Waals surface area contributed by atoms with Crippen LogP contribution in [0.25, 0.3) is 0 Å². The summed E-state index contributed by atoms with van der Waals surface area (Å²) in [7, 11) is 0. The van der Waals surface area contributed by atoms with Crippen molar-refractivity contribution in [3.8, 4) is 0 Å². The van der Waals surface area contributed by atoms with Gasteiger partial charge in [-0.05, 0) is 0 Å². The molecule has 0 amide bonds. The third-order valence-corrected chi connectivity index (χ3v) is 288. The summed E-state index contributed by atoms with van der Waals surface area (Å²) >= 11 is -109. The standard InChI is InChI=1S/10H3N.16H2O.31O.12W/h10*1H3;16*1H2;;;;;;;;;;;;;;;;;;;;;;;;;;;;;;;;;;;;;;;;;;;/q;;;;;;;;;;;;;;;;;;;;;;;;;;;;;;;;;;;;;;;;;;;;;;;;;;;;;;;;;;;10*+1/p-10. The second kappa shape index (κ2) is 17.8. The van der Waals surface area contributed by atoms with E-state index in [-0.39, 0.29) is 94.4 Å². The third kappa shape index (κ3) is 14.5. The number of rotatable bonds is 0. The van der Waals surface area contributed by atoms with Crippen LogP contribution in [-0.4, -0.2) is 70.5 Å². The van der Waals surface area contributed by atoms with Crippen molar-refractivity contribution in [3.05, 3.63) is 0 Å². The summed E-state index contributed by atoms with van der Waals surface area (Å²) in [5, 5.41) is 0. The molecular weight excluding hydrogens is 3100 g/mol. The molecule has 2 spiro atoms. The maximum atomic E-state index is 12.9. The van der Waals surface area contributed by atoms with E-state index in [0.29, 0.717) is 0 Å². The Morgan fingerprint density at radius 3 is 0.319 bits per heavy atom. The summed E-state index contributed by atoms with van der Waals surface area (Å²) in [6.45, 7) is 0. The zero-order valence-electron chi connectivity index (χ0n) is 32.1. The van der Waals surface area contributed by atoms with Crippen LogP contribution in [0, 0.1) is 0 Å². The molecule has 0 aromatic carbocycles. The van der Waals surface area contributed by atoms with Gasteiger partial charge in [-0.15, -0.1) is 0 Å². The van der Waals surface area contributed by atoms with E-state index in [4.69, 9.17) is 0 Å². The van der Waals surface area contributed by atoms with Crippen molar-refractivity contribution in [2.24, 2.45) is 0 Å². The molecule has 18 aliphatic rings. The molecule has 12 bridgehead atoms. The van der Waals surface area contributed by atoms with E-state index < -0.39 is 196 Å². The van der Waals surface area contributed by atoms with E-state index in [1.54, 1.807) is 0 Å². The van der Waals surface area contributed by atoms with Crippen LogP contribution in [0.5, 0.6) is 0 Å². The molecule has 456 valence electrons. The predicted molar refractivity (Wildman–Crippen MR) is 123 cm³/mol. The fourth-order valence-electron chi connectivity index (χ4n) is 3.93. The van der Waals surface area contributed by atoms with Crippen molar-refractivity contribution in [2.75, 3.05) is 0 Å². The minimum absolute atomic E-state index is 0. The molecule has 18 aliphatic heterocycles. The normalized spacial score (nSPS) is 42.2. The number of hydrogen-bond acceptors (Lipinski definition) is 41. The van der Waals surface area contributed by atoms with Crippen molar-refractivity contribution in [3.63, 3.8) is 0 Å². The van der Waals surface area contributed by atoms with Crippen LogP contribution < -0.4 is 61.5 Å². The van der Waals surface area contributed by atoms with E-state index >= 15 is 0 Å². The molecule has 0 aliphatic carbocycles. The zero-order chi connectivity index (χ0) is 40.8. The molecule has 0 aromatic rings. The van der Waals surface area contributed by atoms with E-state index in [0.717, 1.165) is 0 Å². The Kier molecular flexibility index (Phi) is 23.8. The molecule has 0 atom stereocenters. The van der Waals surface area contributed by atoms with Crippen LogP contribution in [0.15, 0.2) is 0 Å². The van der Waals surface area contributed by atoms with Gasteiger partial charge < -0.3 is 94.4 Å². The first-order chi connectivity index (χ1) is 21.9. The molecule has 18 fully saturated rings. The fourth-order valence-corrected chi connectivity index (χ4v) is 416. The van der Waals surface area contributed by atoms with Crippen molar-refractivity contribution >= 4 is 0 Å². The van der Waals surface area contributed by atoms with Gasteiger partial charge in [-0.1, -0.05) is 0 Å². The van der Waals surface area contributed by atoms with Gasteiger partial charge in [0.05, 0.1) is 0 Å².